The van der Waals surface area contributed by atoms with Crippen LogP contribution < -0.4 is 5.32 Å². The fourth-order valence-corrected chi connectivity index (χ4v) is 2.63. The van der Waals surface area contributed by atoms with Crippen LogP contribution in [0.2, 0.25) is 0 Å². The molecule has 130 valence electrons. The van der Waals surface area contributed by atoms with Gasteiger partial charge in [-0.25, -0.2) is 0 Å². The summed E-state index contributed by atoms with van der Waals surface area (Å²) >= 11 is 3.46. The van der Waals surface area contributed by atoms with Crippen molar-refractivity contribution in [3.63, 3.8) is 0 Å². The molecule has 0 saturated carbocycles. The lowest BCUT2D eigenvalue weighted by Gasteiger charge is -2.25. The van der Waals surface area contributed by atoms with Crippen LogP contribution >= 0.6 is 15.9 Å². The summed E-state index contributed by atoms with van der Waals surface area (Å²) in [6.45, 7) is 9.69. The van der Waals surface area contributed by atoms with Gasteiger partial charge in [-0.2, -0.15) is 0 Å². The number of rotatable bonds is 7. The van der Waals surface area contributed by atoms with Gasteiger partial charge in [0.25, 0.3) is 5.91 Å². The maximum atomic E-state index is 12.0. The van der Waals surface area contributed by atoms with Gasteiger partial charge in [0.2, 0.25) is 0 Å². The summed E-state index contributed by atoms with van der Waals surface area (Å²) in [6.07, 6.45) is 0. The quantitative estimate of drug-likeness (QED) is 0.749. The highest BCUT2D eigenvalue weighted by atomic mass is 79.9. The second kappa shape index (κ2) is 8.49. The van der Waals surface area contributed by atoms with E-state index in [2.05, 4.69) is 64.3 Å². The normalized spacial score (nSPS) is 11.5. The first kappa shape index (κ1) is 18.7. The molecular weight excluding hydrogens is 368 g/mol. The number of halogens is 1. The van der Waals surface area contributed by atoms with Crippen molar-refractivity contribution < 1.29 is 9.21 Å². The minimum absolute atomic E-state index is 0.0932. The monoisotopic (exact) mass is 392 g/mol. The summed E-state index contributed by atoms with van der Waals surface area (Å²) in [6, 6.07) is 12.4. The van der Waals surface area contributed by atoms with Crippen molar-refractivity contribution in [2.24, 2.45) is 0 Å². The molecule has 1 aromatic carbocycles. The average Bonchev–Trinajstić information content (AvgIpc) is 2.96. The van der Waals surface area contributed by atoms with Gasteiger partial charge in [-0.3, -0.25) is 9.69 Å². The van der Waals surface area contributed by atoms with Crippen molar-refractivity contribution in [2.75, 3.05) is 0 Å². The van der Waals surface area contributed by atoms with Crippen molar-refractivity contribution in [3.05, 3.63) is 58.0 Å². The fourth-order valence-electron chi connectivity index (χ4n) is 2.36. The number of nitrogens with one attached hydrogen (secondary N) is 1. The molecule has 1 amide bonds. The number of hydrogen-bond donors (Lipinski definition) is 1. The van der Waals surface area contributed by atoms with E-state index in [1.165, 1.54) is 5.56 Å². The van der Waals surface area contributed by atoms with Crippen molar-refractivity contribution in [1.82, 2.24) is 10.2 Å². The Morgan fingerprint density at radius 1 is 1.08 bits per heavy atom. The van der Waals surface area contributed by atoms with Gasteiger partial charge in [-0.05, 0) is 57.5 Å². The third kappa shape index (κ3) is 5.49. The Kier molecular flexibility index (Phi) is 6.63. The van der Waals surface area contributed by atoms with E-state index in [9.17, 15) is 4.79 Å². The van der Waals surface area contributed by atoms with Crippen LogP contribution in [0.15, 0.2) is 45.3 Å². The third-order valence-corrected chi connectivity index (χ3v) is 4.22. The molecule has 0 aliphatic carbocycles. The van der Waals surface area contributed by atoms with Gasteiger partial charge < -0.3 is 9.73 Å². The number of carbonyl (C=O) groups excluding carboxylic acids is 1. The van der Waals surface area contributed by atoms with E-state index < -0.39 is 0 Å². The topological polar surface area (TPSA) is 45.5 Å². The molecule has 1 aromatic heterocycles. The zero-order valence-corrected chi connectivity index (χ0v) is 16.3. The van der Waals surface area contributed by atoms with Gasteiger partial charge >= 0.3 is 0 Å². The van der Waals surface area contributed by atoms with Crippen LogP contribution in [0, 0.1) is 0 Å². The number of hydrogen-bond acceptors (Lipinski definition) is 3. The minimum atomic E-state index is -0.166. The molecule has 1 N–H and O–H groups in total. The maximum Gasteiger partial charge on any atom is 0.287 e. The molecule has 0 spiro atoms. The highest BCUT2D eigenvalue weighted by molar-refractivity contribution is 9.10. The molecule has 24 heavy (non-hydrogen) atoms. The lowest BCUT2D eigenvalue weighted by molar-refractivity contribution is 0.0909. The van der Waals surface area contributed by atoms with E-state index in [1.54, 1.807) is 6.07 Å². The molecule has 5 heteroatoms. The van der Waals surface area contributed by atoms with Crippen molar-refractivity contribution in [3.8, 4) is 0 Å². The number of nitrogens with zero attached hydrogens (tertiary/aromatic N) is 1. The van der Waals surface area contributed by atoms with Crippen LogP contribution in [-0.2, 0) is 13.1 Å². The first-order chi connectivity index (χ1) is 11.3. The van der Waals surface area contributed by atoms with Gasteiger partial charge in [0.05, 0.1) is 6.54 Å². The first-order valence-corrected chi connectivity index (χ1v) is 9.02. The Balaban J connectivity index is 2.04. The van der Waals surface area contributed by atoms with Crippen LogP contribution in [0.1, 0.15) is 49.6 Å². The van der Waals surface area contributed by atoms with Crippen molar-refractivity contribution in [1.29, 1.82) is 0 Å². The standard InChI is InChI=1S/C19H25BrN2O2/c1-13(2)21-19(23)18-10-9-17(24-18)12-22(14(3)4)11-15-5-7-16(20)8-6-15/h5-10,13-14H,11-12H2,1-4H3,(H,21,23). The second-order valence-electron chi connectivity index (χ2n) is 6.52. The molecule has 0 unspecified atom stereocenters. The molecule has 0 aliphatic rings. The summed E-state index contributed by atoms with van der Waals surface area (Å²) < 4.78 is 6.80. The van der Waals surface area contributed by atoms with E-state index >= 15 is 0 Å². The maximum absolute atomic E-state index is 12.0. The van der Waals surface area contributed by atoms with Gasteiger partial charge in [-0.15, -0.1) is 0 Å². The molecule has 0 radical (unpaired) electrons. The Labute approximate surface area is 152 Å². The Morgan fingerprint density at radius 2 is 1.75 bits per heavy atom. The van der Waals surface area contributed by atoms with Crippen LogP contribution in [0.25, 0.3) is 0 Å². The minimum Gasteiger partial charge on any atom is -0.455 e. The highest BCUT2D eigenvalue weighted by Gasteiger charge is 2.16. The Bertz CT molecular complexity index is 662. The summed E-state index contributed by atoms with van der Waals surface area (Å²) in [4.78, 5) is 14.3. The zero-order chi connectivity index (χ0) is 17.7. The number of furan rings is 1. The molecule has 2 rings (SSSR count). The molecule has 2 aromatic rings. The van der Waals surface area contributed by atoms with Crippen LogP contribution in [0.4, 0.5) is 0 Å². The molecule has 0 bridgehead atoms. The van der Waals surface area contributed by atoms with Crippen molar-refractivity contribution >= 4 is 21.8 Å². The summed E-state index contributed by atoms with van der Waals surface area (Å²) in [5.74, 6) is 1.00. The molecule has 0 atom stereocenters. The lowest BCUT2D eigenvalue weighted by atomic mass is 10.2. The van der Waals surface area contributed by atoms with Gasteiger partial charge in [-0.1, -0.05) is 28.1 Å². The molecule has 0 saturated heterocycles. The molecule has 1 heterocycles. The van der Waals surface area contributed by atoms with Crippen molar-refractivity contribution in [2.45, 2.75) is 52.9 Å². The third-order valence-electron chi connectivity index (χ3n) is 3.69. The summed E-state index contributed by atoms with van der Waals surface area (Å²) in [5, 5.41) is 2.84. The van der Waals surface area contributed by atoms with Crippen LogP contribution in [0.3, 0.4) is 0 Å². The van der Waals surface area contributed by atoms with Crippen LogP contribution in [-0.4, -0.2) is 22.9 Å². The predicted octanol–water partition coefficient (Wildman–Crippen LogP) is 4.59. The van der Waals surface area contributed by atoms with Gasteiger partial charge in [0.15, 0.2) is 5.76 Å². The molecule has 0 fully saturated rings. The zero-order valence-electron chi connectivity index (χ0n) is 14.7. The number of carbonyl (C=O) groups is 1. The van der Waals surface area contributed by atoms with E-state index in [1.807, 2.05) is 19.9 Å². The van der Waals surface area contributed by atoms with Crippen LogP contribution in [0.5, 0.6) is 0 Å². The molecular formula is C19H25BrN2O2. The summed E-state index contributed by atoms with van der Waals surface area (Å²) in [5.41, 5.74) is 1.25. The fraction of sp³-hybridized carbons (Fsp3) is 0.421. The highest BCUT2D eigenvalue weighted by Crippen LogP contribution is 2.17. The average molecular weight is 393 g/mol. The largest absolute Gasteiger partial charge is 0.455 e. The van der Waals surface area contributed by atoms with E-state index in [-0.39, 0.29) is 11.9 Å². The van der Waals surface area contributed by atoms with E-state index in [0.717, 1.165) is 16.8 Å². The van der Waals surface area contributed by atoms with E-state index in [4.69, 9.17) is 4.42 Å². The SMILES string of the molecule is CC(C)NC(=O)c1ccc(CN(Cc2ccc(Br)cc2)C(C)C)o1. The number of benzene rings is 1. The number of amides is 1. The molecule has 0 aliphatic heterocycles. The molecule has 4 nitrogen and oxygen atoms in total. The van der Waals surface area contributed by atoms with E-state index in [0.29, 0.717) is 18.3 Å². The van der Waals surface area contributed by atoms with Gasteiger partial charge in [0, 0.05) is 23.1 Å². The first-order valence-electron chi connectivity index (χ1n) is 8.23. The second-order valence-corrected chi connectivity index (χ2v) is 7.43. The Morgan fingerprint density at radius 3 is 2.33 bits per heavy atom. The summed E-state index contributed by atoms with van der Waals surface area (Å²) in [7, 11) is 0. The Hall–Kier alpha value is -1.59. The smallest absolute Gasteiger partial charge is 0.287 e. The van der Waals surface area contributed by atoms with Gasteiger partial charge in [0.1, 0.15) is 5.76 Å². The lowest BCUT2D eigenvalue weighted by Crippen LogP contribution is -2.30. The predicted molar refractivity (Wildman–Crippen MR) is 99.8 cm³/mol.